The number of para-hydroxylation sites is 1. The molecule has 4 aliphatic heterocycles. The van der Waals surface area contributed by atoms with E-state index in [4.69, 9.17) is 0 Å². The van der Waals surface area contributed by atoms with Crippen LogP contribution in [0.1, 0.15) is 13.8 Å². The molecule has 0 saturated carbocycles. The van der Waals surface area contributed by atoms with E-state index in [9.17, 15) is 19.5 Å². The maximum absolute atomic E-state index is 14.8. The van der Waals surface area contributed by atoms with Crippen LogP contribution in [-0.4, -0.2) is 69.5 Å². The Kier molecular flexibility index (Phi) is 6.94. The molecular weight excluding hydrogens is 558 g/mol. The summed E-state index contributed by atoms with van der Waals surface area (Å²) in [7, 11) is 0. The van der Waals surface area contributed by atoms with E-state index >= 15 is 0 Å². The molecule has 2 saturated heterocycles. The van der Waals surface area contributed by atoms with Gasteiger partial charge < -0.3 is 19.8 Å². The summed E-state index contributed by atoms with van der Waals surface area (Å²) >= 11 is 1.56. The second-order valence-electron chi connectivity index (χ2n) is 12.2. The van der Waals surface area contributed by atoms with Crippen molar-refractivity contribution in [3.63, 3.8) is 0 Å². The molecule has 0 aliphatic carbocycles. The van der Waals surface area contributed by atoms with Gasteiger partial charge in [0.25, 0.3) is 5.91 Å². The van der Waals surface area contributed by atoms with E-state index in [1.807, 2.05) is 111 Å². The van der Waals surface area contributed by atoms with Crippen molar-refractivity contribution >= 4 is 51.6 Å². The average molecular weight is 594 g/mol. The zero-order chi connectivity index (χ0) is 29.9. The van der Waals surface area contributed by atoms with Gasteiger partial charge in [0.05, 0.1) is 29.2 Å². The number of thioether (sulfide) groups is 1. The van der Waals surface area contributed by atoms with Gasteiger partial charge in [-0.15, -0.1) is 11.8 Å². The highest BCUT2D eigenvalue weighted by molar-refractivity contribution is 8.02. The van der Waals surface area contributed by atoms with Crippen LogP contribution in [0.25, 0.3) is 10.8 Å². The fourth-order valence-electron chi connectivity index (χ4n) is 7.47. The lowest BCUT2D eigenvalue weighted by molar-refractivity contribution is -0.142. The summed E-state index contributed by atoms with van der Waals surface area (Å²) in [6, 6.07) is 22.1. The Labute approximate surface area is 255 Å². The number of carbonyl (C=O) groups is 3. The van der Waals surface area contributed by atoms with E-state index in [1.54, 1.807) is 26.5 Å². The van der Waals surface area contributed by atoms with Crippen molar-refractivity contribution in [2.75, 3.05) is 29.5 Å². The monoisotopic (exact) mass is 593 g/mol. The Morgan fingerprint density at radius 1 is 0.837 bits per heavy atom. The van der Waals surface area contributed by atoms with Gasteiger partial charge in [0.2, 0.25) is 11.8 Å². The van der Waals surface area contributed by atoms with Crippen molar-refractivity contribution in [1.82, 2.24) is 4.90 Å². The summed E-state index contributed by atoms with van der Waals surface area (Å²) in [6.07, 6.45) is 8.07. The van der Waals surface area contributed by atoms with Crippen LogP contribution in [0.4, 0.5) is 11.4 Å². The van der Waals surface area contributed by atoms with Gasteiger partial charge in [-0.1, -0.05) is 86.7 Å². The number of amides is 3. The predicted molar refractivity (Wildman–Crippen MR) is 171 cm³/mol. The second-order valence-corrected chi connectivity index (χ2v) is 13.7. The summed E-state index contributed by atoms with van der Waals surface area (Å²) in [5.74, 6) is -1.99. The standard InChI is InChI=1S/C35H35N3O4S/c1-22(2)27(21-39)38-31-34(42)37(26-16-15-23-10-6-7-11-24(23)20-26)19-9-17-35(31)30(33(38)41)29-28(43-35)14-8-18-36(32(29)40)25-12-4-3-5-13-25/h3-17,20,22,27-31,39H,18-19,21H2,1-2H3/t27-,28-,29+,30-,31?,35-/m0/s1. The first-order chi connectivity index (χ1) is 20.9. The van der Waals surface area contributed by atoms with E-state index in [-0.39, 0.29) is 35.5 Å². The van der Waals surface area contributed by atoms with E-state index in [1.165, 1.54) is 0 Å². The molecule has 1 unspecified atom stereocenters. The molecule has 0 aromatic heterocycles. The molecule has 0 radical (unpaired) electrons. The third kappa shape index (κ3) is 4.25. The fourth-order valence-corrected chi connectivity index (χ4v) is 9.46. The molecule has 3 aromatic rings. The summed E-state index contributed by atoms with van der Waals surface area (Å²) in [6.45, 7) is 4.43. The average Bonchev–Trinajstić information content (AvgIpc) is 3.32. The first-order valence-electron chi connectivity index (χ1n) is 15.0. The van der Waals surface area contributed by atoms with E-state index in [0.29, 0.717) is 13.1 Å². The van der Waals surface area contributed by atoms with Crippen LogP contribution in [0, 0.1) is 17.8 Å². The van der Waals surface area contributed by atoms with Crippen molar-refractivity contribution in [1.29, 1.82) is 0 Å². The lowest BCUT2D eigenvalue weighted by atomic mass is 9.78. The Balaban J connectivity index is 1.35. The van der Waals surface area contributed by atoms with Crippen LogP contribution in [0.15, 0.2) is 97.1 Å². The molecule has 1 N–H and O–H groups in total. The number of nitrogens with zero attached hydrogens (tertiary/aromatic N) is 3. The number of fused-ring (bicyclic) bond motifs is 3. The molecule has 6 atom stereocenters. The van der Waals surface area contributed by atoms with Gasteiger partial charge in [-0.3, -0.25) is 14.4 Å². The summed E-state index contributed by atoms with van der Waals surface area (Å²) in [5, 5.41) is 12.4. The lowest BCUT2D eigenvalue weighted by Crippen LogP contribution is -2.57. The maximum atomic E-state index is 14.8. The number of rotatable bonds is 5. The van der Waals surface area contributed by atoms with Gasteiger partial charge in [-0.05, 0) is 41.0 Å². The fraction of sp³-hybridized carbons (Fsp3) is 0.343. The van der Waals surface area contributed by atoms with Crippen molar-refractivity contribution in [2.45, 2.75) is 35.9 Å². The van der Waals surface area contributed by atoms with Crippen LogP contribution in [0.5, 0.6) is 0 Å². The molecule has 0 bridgehead atoms. The van der Waals surface area contributed by atoms with Gasteiger partial charge in [0.1, 0.15) is 6.04 Å². The molecule has 7 rings (SSSR count). The highest BCUT2D eigenvalue weighted by atomic mass is 32.2. The molecular formula is C35H35N3O4S. The number of aliphatic hydroxyl groups is 1. The summed E-state index contributed by atoms with van der Waals surface area (Å²) in [4.78, 5) is 49.0. The van der Waals surface area contributed by atoms with Gasteiger partial charge in [0, 0.05) is 29.7 Å². The molecule has 7 nitrogen and oxygen atoms in total. The molecule has 2 fully saturated rings. The highest BCUT2D eigenvalue weighted by Gasteiger charge is 2.72. The van der Waals surface area contributed by atoms with E-state index in [0.717, 1.165) is 22.1 Å². The number of hydrogen-bond donors (Lipinski definition) is 1. The van der Waals surface area contributed by atoms with Crippen molar-refractivity contribution in [3.05, 3.63) is 97.1 Å². The number of anilines is 2. The minimum Gasteiger partial charge on any atom is -0.394 e. The summed E-state index contributed by atoms with van der Waals surface area (Å²) in [5.41, 5.74) is 1.54. The van der Waals surface area contributed by atoms with Gasteiger partial charge in [-0.2, -0.15) is 0 Å². The summed E-state index contributed by atoms with van der Waals surface area (Å²) < 4.78 is -0.947. The van der Waals surface area contributed by atoms with Crippen LogP contribution in [-0.2, 0) is 14.4 Å². The first kappa shape index (κ1) is 27.9. The zero-order valence-electron chi connectivity index (χ0n) is 24.2. The van der Waals surface area contributed by atoms with Crippen LogP contribution in [0.2, 0.25) is 0 Å². The molecule has 43 heavy (non-hydrogen) atoms. The predicted octanol–water partition coefficient (Wildman–Crippen LogP) is 4.66. The molecule has 3 amide bonds. The van der Waals surface area contributed by atoms with Crippen molar-refractivity contribution in [2.24, 2.45) is 17.8 Å². The Bertz CT molecular complexity index is 1660. The second kappa shape index (κ2) is 10.7. The minimum atomic E-state index is -0.947. The Morgan fingerprint density at radius 2 is 1.53 bits per heavy atom. The first-order valence-corrected chi connectivity index (χ1v) is 15.9. The third-order valence-corrected chi connectivity index (χ3v) is 11.3. The number of hydrogen-bond acceptors (Lipinski definition) is 5. The minimum absolute atomic E-state index is 0.0923. The molecule has 3 aromatic carbocycles. The highest BCUT2D eigenvalue weighted by Crippen LogP contribution is 2.61. The van der Waals surface area contributed by atoms with Gasteiger partial charge >= 0.3 is 0 Å². The van der Waals surface area contributed by atoms with Crippen LogP contribution >= 0.6 is 11.8 Å². The Morgan fingerprint density at radius 3 is 2.28 bits per heavy atom. The van der Waals surface area contributed by atoms with Crippen molar-refractivity contribution in [3.8, 4) is 0 Å². The molecule has 220 valence electrons. The van der Waals surface area contributed by atoms with Crippen LogP contribution < -0.4 is 9.80 Å². The number of benzene rings is 3. The molecule has 8 heteroatoms. The quantitative estimate of drug-likeness (QED) is 0.436. The number of likely N-dealkylation sites (tertiary alicyclic amines) is 1. The third-order valence-electron chi connectivity index (χ3n) is 9.52. The maximum Gasteiger partial charge on any atom is 0.251 e. The van der Waals surface area contributed by atoms with Gasteiger partial charge in [-0.25, -0.2) is 0 Å². The van der Waals surface area contributed by atoms with E-state index < -0.39 is 28.7 Å². The normalized spacial score (nSPS) is 29.1. The number of carbonyl (C=O) groups excluding carboxylic acids is 3. The van der Waals surface area contributed by atoms with Crippen LogP contribution in [0.3, 0.4) is 0 Å². The van der Waals surface area contributed by atoms with Gasteiger partial charge in [0.15, 0.2) is 0 Å². The molecule has 4 heterocycles. The lowest BCUT2D eigenvalue weighted by Gasteiger charge is -2.39. The number of aliphatic hydroxyl groups excluding tert-OH is 1. The van der Waals surface area contributed by atoms with Crippen molar-refractivity contribution < 1.29 is 19.5 Å². The topological polar surface area (TPSA) is 81.2 Å². The molecule has 1 spiro atoms. The smallest absolute Gasteiger partial charge is 0.251 e. The van der Waals surface area contributed by atoms with E-state index in [2.05, 4.69) is 0 Å². The SMILES string of the molecule is CC(C)[C@H](CO)N1C(=O)[C@@H]2[C@@H]3C(=O)N(c4ccccc4)CC=C[C@@H]3S[C@@]23C=CCN(c2ccc4ccccc4c2)C(=O)C13. The largest absolute Gasteiger partial charge is 0.394 e. The Hall–Kier alpha value is -3.88. The molecule has 4 aliphatic rings. The zero-order valence-corrected chi connectivity index (χ0v) is 25.1.